The quantitative estimate of drug-likeness (QED) is 0.799. The third kappa shape index (κ3) is 2.09. The first-order valence-electron chi connectivity index (χ1n) is 6.16. The van der Waals surface area contributed by atoms with Crippen LogP contribution in [0.25, 0.3) is 11.0 Å². The van der Waals surface area contributed by atoms with E-state index in [9.17, 15) is 0 Å². The van der Waals surface area contributed by atoms with E-state index in [-0.39, 0.29) is 6.10 Å². The summed E-state index contributed by atoms with van der Waals surface area (Å²) in [4.78, 5) is 3.24. The Balaban J connectivity index is 2.12. The molecular weight excluding hydrogens is 268 g/mol. The van der Waals surface area contributed by atoms with Crippen LogP contribution in [0.4, 0.5) is 0 Å². The second-order valence-corrected chi connectivity index (χ2v) is 5.64. The molecule has 18 heavy (non-hydrogen) atoms. The van der Waals surface area contributed by atoms with E-state index in [0.29, 0.717) is 6.04 Å². The molecule has 0 saturated carbocycles. The van der Waals surface area contributed by atoms with E-state index in [1.165, 1.54) is 0 Å². The van der Waals surface area contributed by atoms with Crippen molar-refractivity contribution in [2.45, 2.75) is 31.9 Å². The molecule has 1 aromatic carbocycles. The van der Waals surface area contributed by atoms with E-state index in [0.717, 1.165) is 40.3 Å². The lowest BCUT2D eigenvalue weighted by Crippen LogP contribution is -2.25. The summed E-state index contributed by atoms with van der Waals surface area (Å²) in [5.41, 5.74) is 2.13. The van der Waals surface area contributed by atoms with Gasteiger partial charge in [0.2, 0.25) is 0 Å². The van der Waals surface area contributed by atoms with Gasteiger partial charge in [-0.1, -0.05) is 11.6 Å². The molecule has 2 unspecified atom stereocenters. The molecule has 2 aromatic rings. The maximum Gasteiger partial charge on any atom is 0.178 e. The Labute approximate surface area is 116 Å². The van der Waals surface area contributed by atoms with E-state index < -0.39 is 0 Å². The SMILES string of the molecule is CC1CC(n2c(=S)[nH]c3ccc(Cl)cc32)CCO1. The molecule has 0 spiro atoms. The van der Waals surface area contributed by atoms with Crippen LogP contribution in [-0.2, 0) is 4.74 Å². The summed E-state index contributed by atoms with van der Waals surface area (Å²) in [5, 5.41) is 0.741. The molecule has 2 heterocycles. The Morgan fingerprint density at radius 2 is 2.33 bits per heavy atom. The molecule has 1 aliphatic rings. The van der Waals surface area contributed by atoms with Gasteiger partial charge in [-0.3, -0.25) is 0 Å². The highest BCUT2D eigenvalue weighted by Gasteiger charge is 2.23. The number of fused-ring (bicyclic) bond motifs is 1. The Morgan fingerprint density at radius 1 is 1.50 bits per heavy atom. The number of ether oxygens (including phenoxy) is 1. The number of imidazole rings is 1. The van der Waals surface area contributed by atoms with Crippen LogP contribution in [-0.4, -0.2) is 22.3 Å². The van der Waals surface area contributed by atoms with Crippen molar-refractivity contribution >= 4 is 34.9 Å². The molecule has 1 fully saturated rings. The summed E-state index contributed by atoms with van der Waals surface area (Å²) >= 11 is 11.5. The second kappa shape index (κ2) is 4.68. The molecule has 5 heteroatoms. The number of hydrogen-bond acceptors (Lipinski definition) is 2. The number of halogens is 1. The van der Waals surface area contributed by atoms with Crippen molar-refractivity contribution in [1.29, 1.82) is 0 Å². The van der Waals surface area contributed by atoms with Crippen LogP contribution in [0.3, 0.4) is 0 Å². The molecule has 1 aliphatic heterocycles. The minimum absolute atomic E-state index is 0.287. The van der Waals surface area contributed by atoms with Crippen molar-refractivity contribution in [3.8, 4) is 0 Å². The molecule has 96 valence electrons. The molecule has 0 bridgehead atoms. The van der Waals surface area contributed by atoms with Gasteiger partial charge in [-0.2, -0.15) is 0 Å². The van der Waals surface area contributed by atoms with Crippen molar-refractivity contribution in [3.63, 3.8) is 0 Å². The van der Waals surface area contributed by atoms with Gasteiger partial charge in [0.1, 0.15) is 0 Å². The lowest BCUT2D eigenvalue weighted by Gasteiger charge is -2.28. The first kappa shape index (κ1) is 12.2. The van der Waals surface area contributed by atoms with Crippen molar-refractivity contribution in [3.05, 3.63) is 28.0 Å². The molecule has 3 nitrogen and oxygen atoms in total. The van der Waals surface area contributed by atoms with Gasteiger partial charge in [-0.15, -0.1) is 0 Å². The molecular formula is C13H15ClN2OS. The predicted molar refractivity (Wildman–Crippen MR) is 75.8 cm³/mol. The predicted octanol–water partition coefficient (Wildman–Crippen LogP) is 4.09. The summed E-state index contributed by atoms with van der Waals surface area (Å²) in [6.45, 7) is 2.90. The highest BCUT2D eigenvalue weighted by Crippen LogP contribution is 2.30. The maximum atomic E-state index is 6.08. The van der Waals surface area contributed by atoms with E-state index >= 15 is 0 Å². The summed E-state index contributed by atoms with van der Waals surface area (Å²) < 4.78 is 8.56. The Morgan fingerprint density at radius 3 is 3.11 bits per heavy atom. The van der Waals surface area contributed by atoms with Gasteiger partial charge in [-0.05, 0) is 50.2 Å². The topological polar surface area (TPSA) is 29.9 Å². The molecule has 1 N–H and O–H groups in total. The van der Waals surface area contributed by atoms with Gasteiger partial charge in [0.25, 0.3) is 0 Å². The van der Waals surface area contributed by atoms with E-state index in [2.05, 4.69) is 16.5 Å². The van der Waals surface area contributed by atoms with Gasteiger partial charge in [0.05, 0.1) is 17.1 Å². The van der Waals surface area contributed by atoms with Crippen LogP contribution < -0.4 is 0 Å². The van der Waals surface area contributed by atoms with Crippen LogP contribution in [0.2, 0.25) is 5.02 Å². The molecule has 0 radical (unpaired) electrons. The smallest absolute Gasteiger partial charge is 0.178 e. The van der Waals surface area contributed by atoms with E-state index in [4.69, 9.17) is 28.6 Å². The average molecular weight is 283 g/mol. The van der Waals surface area contributed by atoms with Crippen LogP contribution in [0.5, 0.6) is 0 Å². The molecule has 3 rings (SSSR count). The molecule has 0 aliphatic carbocycles. The van der Waals surface area contributed by atoms with Gasteiger partial charge < -0.3 is 14.3 Å². The fraction of sp³-hybridized carbons (Fsp3) is 0.462. The number of benzene rings is 1. The third-order valence-corrected chi connectivity index (χ3v) is 4.04. The van der Waals surface area contributed by atoms with Gasteiger partial charge in [-0.25, -0.2) is 0 Å². The zero-order chi connectivity index (χ0) is 12.7. The number of rotatable bonds is 1. The standard InChI is InChI=1S/C13H15ClN2OS/c1-8-6-10(4-5-17-8)16-12-7-9(14)2-3-11(12)15-13(16)18/h2-3,7-8,10H,4-6H2,1H3,(H,15,18). The minimum Gasteiger partial charge on any atom is -0.378 e. The first-order valence-corrected chi connectivity index (χ1v) is 6.95. The van der Waals surface area contributed by atoms with Crippen molar-refractivity contribution in [1.82, 2.24) is 9.55 Å². The normalized spacial score (nSPS) is 24.6. The molecule has 1 aromatic heterocycles. The molecule has 1 saturated heterocycles. The van der Waals surface area contributed by atoms with Crippen LogP contribution in [0.1, 0.15) is 25.8 Å². The van der Waals surface area contributed by atoms with E-state index in [1.807, 2.05) is 18.2 Å². The maximum absolute atomic E-state index is 6.08. The van der Waals surface area contributed by atoms with Crippen molar-refractivity contribution in [2.75, 3.05) is 6.61 Å². The van der Waals surface area contributed by atoms with Crippen LogP contribution in [0.15, 0.2) is 18.2 Å². The van der Waals surface area contributed by atoms with Crippen molar-refractivity contribution in [2.24, 2.45) is 0 Å². The zero-order valence-electron chi connectivity index (χ0n) is 10.1. The highest BCUT2D eigenvalue weighted by atomic mass is 35.5. The fourth-order valence-corrected chi connectivity index (χ4v) is 3.19. The number of hydrogen-bond donors (Lipinski definition) is 1. The van der Waals surface area contributed by atoms with Gasteiger partial charge in [0, 0.05) is 17.7 Å². The monoisotopic (exact) mass is 282 g/mol. The average Bonchev–Trinajstić information content (AvgIpc) is 2.64. The molecule has 0 amide bonds. The number of aromatic nitrogens is 2. The number of H-pyrrole nitrogens is 1. The summed E-state index contributed by atoms with van der Waals surface area (Å²) in [5.74, 6) is 0. The summed E-state index contributed by atoms with van der Waals surface area (Å²) in [6.07, 6.45) is 2.28. The Kier molecular flexibility index (Phi) is 3.18. The van der Waals surface area contributed by atoms with E-state index in [1.54, 1.807) is 0 Å². The third-order valence-electron chi connectivity index (χ3n) is 3.50. The number of nitrogens with zero attached hydrogens (tertiary/aromatic N) is 1. The first-order chi connectivity index (χ1) is 8.65. The second-order valence-electron chi connectivity index (χ2n) is 4.82. The fourth-order valence-electron chi connectivity index (χ4n) is 2.67. The van der Waals surface area contributed by atoms with Crippen LogP contribution >= 0.6 is 23.8 Å². The summed E-state index contributed by atoms with van der Waals surface area (Å²) in [6, 6.07) is 6.23. The lowest BCUT2D eigenvalue weighted by atomic mass is 10.0. The van der Waals surface area contributed by atoms with Gasteiger partial charge in [0.15, 0.2) is 4.77 Å². The highest BCUT2D eigenvalue weighted by molar-refractivity contribution is 7.71. The number of aromatic amines is 1. The Bertz CT molecular complexity index is 633. The number of nitrogens with one attached hydrogen (secondary N) is 1. The largest absolute Gasteiger partial charge is 0.378 e. The zero-order valence-corrected chi connectivity index (χ0v) is 11.7. The Hall–Kier alpha value is -0.840. The van der Waals surface area contributed by atoms with Gasteiger partial charge >= 0.3 is 0 Å². The molecule has 2 atom stereocenters. The minimum atomic E-state index is 0.287. The van der Waals surface area contributed by atoms with Crippen LogP contribution in [0, 0.1) is 4.77 Å². The summed E-state index contributed by atoms with van der Waals surface area (Å²) in [7, 11) is 0. The lowest BCUT2D eigenvalue weighted by molar-refractivity contribution is 0.00648. The van der Waals surface area contributed by atoms with Crippen molar-refractivity contribution < 1.29 is 4.74 Å².